The Balaban J connectivity index is 1.87. The minimum atomic E-state index is -4.39. The molecule has 0 fully saturated rings. The number of halogens is 3. The smallest absolute Gasteiger partial charge is 0.344 e. The first-order valence-electron chi connectivity index (χ1n) is 6.35. The fourth-order valence-corrected chi connectivity index (χ4v) is 1.66. The Morgan fingerprint density at radius 3 is 2.82 bits per heavy atom. The van der Waals surface area contributed by atoms with Gasteiger partial charge >= 0.3 is 6.18 Å². The standard InChI is InChI=1S/C15H12F3N3O/c16-15(17,18)13-6-1-4-12(10-13)5-2-7-19-14(22)11-21-9-3-8-20-21/h1,3-4,6,8-10H,7,11H2,(H,19,22). The van der Waals surface area contributed by atoms with Gasteiger partial charge in [0.1, 0.15) is 6.54 Å². The van der Waals surface area contributed by atoms with Gasteiger partial charge in [-0.05, 0) is 24.3 Å². The molecule has 2 rings (SSSR count). The summed E-state index contributed by atoms with van der Waals surface area (Å²) in [6.07, 6.45) is -1.19. The number of amides is 1. The van der Waals surface area contributed by atoms with E-state index in [0.29, 0.717) is 0 Å². The number of benzene rings is 1. The molecule has 0 saturated heterocycles. The van der Waals surface area contributed by atoms with Crippen LogP contribution in [0.1, 0.15) is 11.1 Å². The average Bonchev–Trinajstić information content (AvgIpc) is 2.96. The summed E-state index contributed by atoms with van der Waals surface area (Å²) in [5.74, 6) is 4.92. The maximum Gasteiger partial charge on any atom is 0.416 e. The summed E-state index contributed by atoms with van der Waals surface area (Å²) in [5, 5.41) is 6.42. The van der Waals surface area contributed by atoms with Crippen LogP contribution in [0.3, 0.4) is 0 Å². The van der Waals surface area contributed by atoms with Crippen molar-refractivity contribution in [2.75, 3.05) is 6.54 Å². The molecule has 0 saturated carbocycles. The second kappa shape index (κ2) is 6.80. The molecule has 4 nitrogen and oxygen atoms in total. The first-order valence-corrected chi connectivity index (χ1v) is 6.35. The second-order valence-corrected chi connectivity index (χ2v) is 4.36. The van der Waals surface area contributed by atoms with Crippen LogP contribution in [0.4, 0.5) is 13.2 Å². The molecule has 0 radical (unpaired) electrons. The van der Waals surface area contributed by atoms with Crippen LogP contribution >= 0.6 is 0 Å². The zero-order valence-corrected chi connectivity index (χ0v) is 11.4. The van der Waals surface area contributed by atoms with E-state index in [0.717, 1.165) is 12.1 Å². The minimum Gasteiger partial charge on any atom is -0.344 e. The van der Waals surface area contributed by atoms with Gasteiger partial charge in [0.05, 0.1) is 12.1 Å². The van der Waals surface area contributed by atoms with E-state index in [1.807, 2.05) is 0 Å². The third-order valence-electron chi connectivity index (χ3n) is 2.66. The van der Waals surface area contributed by atoms with Gasteiger partial charge in [0.25, 0.3) is 0 Å². The van der Waals surface area contributed by atoms with Crippen molar-refractivity contribution in [1.82, 2.24) is 15.1 Å². The van der Waals surface area contributed by atoms with Crippen molar-refractivity contribution in [3.8, 4) is 11.8 Å². The van der Waals surface area contributed by atoms with Crippen LogP contribution in [-0.2, 0) is 17.5 Å². The van der Waals surface area contributed by atoms with Gasteiger partial charge in [-0.15, -0.1) is 0 Å². The van der Waals surface area contributed by atoms with E-state index in [4.69, 9.17) is 0 Å². The van der Waals surface area contributed by atoms with E-state index in [2.05, 4.69) is 22.3 Å². The van der Waals surface area contributed by atoms with Crippen LogP contribution in [0.5, 0.6) is 0 Å². The Morgan fingerprint density at radius 1 is 1.32 bits per heavy atom. The Morgan fingerprint density at radius 2 is 2.14 bits per heavy atom. The molecule has 0 aliphatic heterocycles. The molecular weight excluding hydrogens is 295 g/mol. The Kier molecular flexibility index (Phi) is 4.84. The van der Waals surface area contributed by atoms with Crippen molar-refractivity contribution in [2.24, 2.45) is 0 Å². The van der Waals surface area contributed by atoms with Crippen molar-refractivity contribution in [2.45, 2.75) is 12.7 Å². The topological polar surface area (TPSA) is 46.9 Å². The molecule has 0 bridgehead atoms. The van der Waals surface area contributed by atoms with Crippen molar-refractivity contribution < 1.29 is 18.0 Å². The number of carbonyl (C=O) groups is 1. The molecule has 114 valence electrons. The van der Waals surface area contributed by atoms with Gasteiger partial charge in [-0.2, -0.15) is 18.3 Å². The minimum absolute atomic E-state index is 0.0519. The molecule has 1 heterocycles. The number of alkyl halides is 3. The summed E-state index contributed by atoms with van der Waals surface area (Å²) < 4.78 is 39.0. The average molecular weight is 307 g/mol. The third-order valence-corrected chi connectivity index (χ3v) is 2.66. The second-order valence-electron chi connectivity index (χ2n) is 4.36. The van der Waals surface area contributed by atoms with Gasteiger partial charge in [0, 0.05) is 18.0 Å². The quantitative estimate of drug-likeness (QED) is 0.883. The van der Waals surface area contributed by atoms with Gasteiger partial charge < -0.3 is 5.32 Å². The largest absolute Gasteiger partial charge is 0.416 e. The maximum atomic E-state index is 12.5. The number of carbonyl (C=O) groups excluding carboxylic acids is 1. The molecule has 0 unspecified atom stereocenters. The highest BCUT2D eigenvalue weighted by molar-refractivity contribution is 5.75. The molecule has 0 atom stereocenters. The molecule has 1 N–H and O–H groups in total. The first-order chi connectivity index (χ1) is 10.4. The van der Waals surface area contributed by atoms with E-state index in [9.17, 15) is 18.0 Å². The molecule has 1 aromatic carbocycles. The van der Waals surface area contributed by atoms with Gasteiger partial charge in [0.2, 0.25) is 5.91 Å². The van der Waals surface area contributed by atoms with Gasteiger partial charge in [-0.3, -0.25) is 9.48 Å². The SMILES string of the molecule is O=C(Cn1cccn1)NCC#Cc1cccc(C(F)(F)F)c1. The lowest BCUT2D eigenvalue weighted by Crippen LogP contribution is -2.27. The van der Waals surface area contributed by atoms with Gasteiger partial charge in [-0.25, -0.2) is 0 Å². The third kappa shape index (κ3) is 4.66. The van der Waals surface area contributed by atoms with E-state index < -0.39 is 11.7 Å². The van der Waals surface area contributed by atoms with Crippen LogP contribution in [0.15, 0.2) is 42.7 Å². The normalized spacial score (nSPS) is 10.7. The fraction of sp³-hybridized carbons (Fsp3) is 0.200. The molecule has 7 heteroatoms. The van der Waals surface area contributed by atoms with Gasteiger partial charge in [-0.1, -0.05) is 17.9 Å². The van der Waals surface area contributed by atoms with E-state index in [1.165, 1.54) is 16.8 Å². The lowest BCUT2D eigenvalue weighted by molar-refractivity contribution is -0.137. The van der Waals surface area contributed by atoms with Crippen molar-refractivity contribution >= 4 is 5.91 Å². The Bertz CT molecular complexity index is 697. The van der Waals surface area contributed by atoms with Crippen LogP contribution in [0.25, 0.3) is 0 Å². The summed E-state index contributed by atoms with van der Waals surface area (Å²) in [5.41, 5.74) is -0.502. The number of aromatic nitrogens is 2. The molecule has 22 heavy (non-hydrogen) atoms. The lowest BCUT2D eigenvalue weighted by Gasteiger charge is -2.05. The monoisotopic (exact) mass is 307 g/mol. The van der Waals surface area contributed by atoms with Crippen molar-refractivity contribution in [1.29, 1.82) is 0 Å². The highest BCUT2D eigenvalue weighted by Gasteiger charge is 2.30. The first kappa shape index (κ1) is 15.6. The maximum absolute atomic E-state index is 12.5. The number of nitrogens with one attached hydrogen (secondary N) is 1. The molecule has 1 aromatic heterocycles. The lowest BCUT2D eigenvalue weighted by atomic mass is 10.1. The van der Waals surface area contributed by atoms with Crippen LogP contribution in [0.2, 0.25) is 0 Å². The molecule has 1 amide bonds. The zero-order chi connectivity index (χ0) is 16.0. The number of hydrogen-bond donors (Lipinski definition) is 1. The predicted octanol–water partition coefficient (Wildman–Crippen LogP) is 2.07. The number of rotatable bonds is 3. The number of hydrogen-bond acceptors (Lipinski definition) is 2. The fourth-order valence-electron chi connectivity index (χ4n) is 1.66. The highest BCUT2D eigenvalue weighted by atomic mass is 19.4. The van der Waals surface area contributed by atoms with Gasteiger partial charge in [0.15, 0.2) is 0 Å². The Hall–Kier alpha value is -2.75. The Labute approximate surface area is 124 Å². The zero-order valence-electron chi connectivity index (χ0n) is 11.4. The summed E-state index contributed by atoms with van der Waals surface area (Å²) in [7, 11) is 0. The molecular formula is C15H12F3N3O. The van der Waals surface area contributed by atoms with E-state index in [1.54, 1.807) is 18.5 Å². The summed E-state index contributed by atoms with van der Waals surface area (Å²) in [6, 6.07) is 6.42. The summed E-state index contributed by atoms with van der Waals surface area (Å²) >= 11 is 0. The summed E-state index contributed by atoms with van der Waals surface area (Å²) in [4.78, 5) is 11.5. The van der Waals surface area contributed by atoms with E-state index in [-0.39, 0.29) is 24.6 Å². The predicted molar refractivity (Wildman–Crippen MR) is 73.6 cm³/mol. The highest BCUT2D eigenvalue weighted by Crippen LogP contribution is 2.29. The molecule has 0 aliphatic rings. The summed E-state index contributed by atoms with van der Waals surface area (Å²) in [6.45, 7) is 0.120. The van der Waals surface area contributed by atoms with Crippen LogP contribution < -0.4 is 5.32 Å². The van der Waals surface area contributed by atoms with E-state index >= 15 is 0 Å². The van der Waals surface area contributed by atoms with Crippen LogP contribution in [0, 0.1) is 11.8 Å². The molecule has 2 aromatic rings. The number of nitrogens with zero attached hydrogens (tertiary/aromatic N) is 2. The molecule has 0 aliphatic carbocycles. The van der Waals surface area contributed by atoms with Crippen molar-refractivity contribution in [3.05, 3.63) is 53.9 Å². The van der Waals surface area contributed by atoms with Crippen LogP contribution in [-0.4, -0.2) is 22.2 Å². The molecule has 0 spiro atoms. The van der Waals surface area contributed by atoms with Crippen molar-refractivity contribution in [3.63, 3.8) is 0 Å².